The summed E-state index contributed by atoms with van der Waals surface area (Å²) in [6.07, 6.45) is 4.46. The smallest absolute Gasteiger partial charge is 0.224 e. The third kappa shape index (κ3) is 3.87. The molecule has 4 nitrogen and oxygen atoms in total. The first-order valence-corrected chi connectivity index (χ1v) is 7.77. The molecule has 1 heterocycles. The molecule has 0 spiro atoms. The van der Waals surface area contributed by atoms with Crippen LogP contribution in [0.15, 0.2) is 60.9 Å². The molecule has 0 aliphatic rings. The Bertz CT molecular complexity index is 843. The van der Waals surface area contributed by atoms with Crippen LogP contribution < -0.4 is 5.32 Å². The SMILES string of the molecule is Cc1ccc(F)c(NC(=O)CCc2cnn(-c3ccccc3)c2)c1. The fourth-order valence-electron chi connectivity index (χ4n) is 2.42. The number of nitrogens with zero attached hydrogens (tertiary/aromatic N) is 2. The van der Waals surface area contributed by atoms with Crippen molar-refractivity contribution in [1.82, 2.24) is 9.78 Å². The number of para-hydroxylation sites is 1. The highest BCUT2D eigenvalue weighted by Crippen LogP contribution is 2.16. The summed E-state index contributed by atoms with van der Waals surface area (Å²) in [6.45, 7) is 1.85. The van der Waals surface area contributed by atoms with E-state index in [1.165, 1.54) is 6.07 Å². The molecule has 0 atom stereocenters. The summed E-state index contributed by atoms with van der Waals surface area (Å²) in [6, 6.07) is 14.4. The van der Waals surface area contributed by atoms with E-state index < -0.39 is 5.82 Å². The van der Waals surface area contributed by atoms with E-state index in [1.807, 2.05) is 43.5 Å². The van der Waals surface area contributed by atoms with Crippen LogP contribution in [0.25, 0.3) is 5.69 Å². The normalized spacial score (nSPS) is 10.6. The summed E-state index contributed by atoms with van der Waals surface area (Å²) in [5, 5.41) is 6.92. The highest BCUT2D eigenvalue weighted by molar-refractivity contribution is 5.91. The van der Waals surface area contributed by atoms with Crippen molar-refractivity contribution in [2.45, 2.75) is 19.8 Å². The molecule has 0 unspecified atom stereocenters. The number of halogens is 1. The molecule has 0 aliphatic carbocycles. The van der Waals surface area contributed by atoms with E-state index in [0.717, 1.165) is 16.8 Å². The molecule has 0 saturated heterocycles. The van der Waals surface area contributed by atoms with E-state index >= 15 is 0 Å². The maximum atomic E-state index is 13.7. The highest BCUT2D eigenvalue weighted by atomic mass is 19.1. The van der Waals surface area contributed by atoms with E-state index in [1.54, 1.807) is 23.0 Å². The van der Waals surface area contributed by atoms with Gasteiger partial charge in [-0.3, -0.25) is 4.79 Å². The molecule has 1 amide bonds. The van der Waals surface area contributed by atoms with Gasteiger partial charge in [-0.15, -0.1) is 0 Å². The van der Waals surface area contributed by atoms with Crippen LogP contribution in [-0.4, -0.2) is 15.7 Å². The molecule has 0 radical (unpaired) electrons. The average Bonchev–Trinajstić information content (AvgIpc) is 3.06. The second-order valence-electron chi connectivity index (χ2n) is 5.66. The van der Waals surface area contributed by atoms with E-state index in [4.69, 9.17) is 0 Å². The Hall–Kier alpha value is -2.95. The van der Waals surface area contributed by atoms with Crippen LogP contribution in [0.1, 0.15) is 17.5 Å². The van der Waals surface area contributed by atoms with Crippen LogP contribution in [0, 0.1) is 12.7 Å². The van der Waals surface area contributed by atoms with Gasteiger partial charge in [0.15, 0.2) is 0 Å². The van der Waals surface area contributed by atoms with Crippen molar-refractivity contribution >= 4 is 11.6 Å². The number of amides is 1. The average molecular weight is 323 g/mol. The summed E-state index contributed by atoms with van der Waals surface area (Å²) in [4.78, 5) is 12.0. The second-order valence-corrected chi connectivity index (χ2v) is 5.66. The molecule has 0 aliphatic heterocycles. The Balaban J connectivity index is 1.59. The van der Waals surface area contributed by atoms with E-state index in [9.17, 15) is 9.18 Å². The lowest BCUT2D eigenvalue weighted by Crippen LogP contribution is -2.13. The predicted octanol–water partition coefficient (Wildman–Crippen LogP) is 3.89. The van der Waals surface area contributed by atoms with Crippen LogP contribution in [0.3, 0.4) is 0 Å². The lowest BCUT2D eigenvalue weighted by atomic mass is 10.1. The van der Waals surface area contributed by atoms with Gasteiger partial charge in [-0.2, -0.15) is 5.10 Å². The van der Waals surface area contributed by atoms with Crippen LogP contribution in [0.4, 0.5) is 10.1 Å². The van der Waals surface area contributed by atoms with Gasteiger partial charge in [0.2, 0.25) is 5.91 Å². The van der Waals surface area contributed by atoms with Gasteiger partial charge >= 0.3 is 0 Å². The van der Waals surface area contributed by atoms with E-state index in [0.29, 0.717) is 6.42 Å². The number of hydrogen-bond acceptors (Lipinski definition) is 2. The maximum Gasteiger partial charge on any atom is 0.224 e. The number of rotatable bonds is 5. The Morgan fingerprint density at radius 2 is 2.00 bits per heavy atom. The highest BCUT2D eigenvalue weighted by Gasteiger charge is 2.08. The summed E-state index contributed by atoms with van der Waals surface area (Å²) in [7, 11) is 0. The fraction of sp³-hybridized carbons (Fsp3) is 0.158. The van der Waals surface area contributed by atoms with Crippen molar-refractivity contribution in [3.05, 3.63) is 77.9 Å². The van der Waals surface area contributed by atoms with Crippen LogP contribution >= 0.6 is 0 Å². The Labute approximate surface area is 139 Å². The van der Waals surface area contributed by atoms with Gasteiger partial charge in [0.05, 0.1) is 17.6 Å². The maximum absolute atomic E-state index is 13.7. The molecule has 2 aromatic carbocycles. The minimum absolute atomic E-state index is 0.216. The van der Waals surface area contributed by atoms with Gasteiger partial charge in [-0.25, -0.2) is 9.07 Å². The summed E-state index contributed by atoms with van der Waals surface area (Å²) < 4.78 is 15.4. The Morgan fingerprint density at radius 1 is 1.21 bits per heavy atom. The number of hydrogen-bond donors (Lipinski definition) is 1. The molecule has 122 valence electrons. The van der Waals surface area contributed by atoms with Crippen LogP contribution in [-0.2, 0) is 11.2 Å². The summed E-state index contributed by atoms with van der Waals surface area (Å²) >= 11 is 0. The summed E-state index contributed by atoms with van der Waals surface area (Å²) in [5.41, 5.74) is 3.05. The first-order chi connectivity index (χ1) is 11.6. The number of nitrogens with one attached hydrogen (secondary N) is 1. The zero-order valence-electron chi connectivity index (χ0n) is 13.4. The van der Waals surface area contributed by atoms with Gasteiger partial charge in [-0.1, -0.05) is 24.3 Å². The lowest BCUT2D eigenvalue weighted by Gasteiger charge is -2.07. The summed E-state index contributed by atoms with van der Waals surface area (Å²) in [5.74, 6) is -0.641. The molecule has 1 aromatic heterocycles. The Morgan fingerprint density at radius 3 is 2.79 bits per heavy atom. The third-order valence-corrected chi connectivity index (χ3v) is 3.69. The molecule has 1 N–H and O–H groups in total. The monoisotopic (exact) mass is 323 g/mol. The van der Waals surface area contributed by atoms with Crippen molar-refractivity contribution in [3.63, 3.8) is 0 Å². The van der Waals surface area contributed by atoms with Crippen molar-refractivity contribution in [3.8, 4) is 5.69 Å². The molecular weight excluding hydrogens is 305 g/mol. The largest absolute Gasteiger partial charge is 0.324 e. The van der Waals surface area contributed by atoms with Crippen molar-refractivity contribution < 1.29 is 9.18 Å². The van der Waals surface area contributed by atoms with Gasteiger partial charge in [-0.05, 0) is 48.7 Å². The molecule has 5 heteroatoms. The van der Waals surface area contributed by atoms with Crippen molar-refractivity contribution in [1.29, 1.82) is 0 Å². The van der Waals surface area contributed by atoms with Crippen molar-refractivity contribution in [2.75, 3.05) is 5.32 Å². The third-order valence-electron chi connectivity index (χ3n) is 3.69. The molecule has 0 saturated carbocycles. The molecule has 24 heavy (non-hydrogen) atoms. The van der Waals surface area contributed by atoms with Crippen molar-refractivity contribution in [2.24, 2.45) is 0 Å². The molecule has 3 rings (SSSR count). The van der Waals surface area contributed by atoms with Gasteiger partial charge < -0.3 is 5.32 Å². The number of carbonyl (C=O) groups is 1. The minimum atomic E-state index is -0.425. The lowest BCUT2D eigenvalue weighted by molar-refractivity contribution is -0.116. The number of carbonyl (C=O) groups excluding carboxylic acids is 1. The van der Waals surface area contributed by atoms with Crippen LogP contribution in [0.5, 0.6) is 0 Å². The number of anilines is 1. The first kappa shape index (κ1) is 15.9. The van der Waals surface area contributed by atoms with Crippen LogP contribution in [0.2, 0.25) is 0 Å². The van der Waals surface area contributed by atoms with Gasteiger partial charge in [0, 0.05) is 12.6 Å². The first-order valence-electron chi connectivity index (χ1n) is 7.77. The van der Waals surface area contributed by atoms with Gasteiger partial charge in [0.1, 0.15) is 5.82 Å². The van der Waals surface area contributed by atoms with E-state index in [2.05, 4.69) is 10.4 Å². The van der Waals surface area contributed by atoms with Gasteiger partial charge in [0.25, 0.3) is 0 Å². The Kier molecular flexibility index (Phi) is 4.70. The molecular formula is C19H18FN3O. The zero-order valence-corrected chi connectivity index (χ0v) is 13.4. The number of benzene rings is 2. The number of aromatic nitrogens is 2. The topological polar surface area (TPSA) is 46.9 Å². The standard InChI is InChI=1S/C19H18FN3O/c1-14-7-9-17(20)18(11-14)22-19(24)10-8-15-12-21-23(13-15)16-5-3-2-4-6-16/h2-7,9,11-13H,8,10H2,1H3,(H,22,24). The second kappa shape index (κ2) is 7.08. The molecule has 0 fully saturated rings. The van der Waals surface area contributed by atoms with E-state index in [-0.39, 0.29) is 18.0 Å². The fourth-order valence-corrected chi connectivity index (χ4v) is 2.42. The predicted molar refractivity (Wildman–Crippen MR) is 91.7 cm³/mol. The number of aryl methyl sites for hydroxylation is 2. The molecule has 0 bridgehead atoms. The zero-order chi connectivity index (χ0) is 16.9. The molecule has 3 aromatic rings. The quantitative estimate of drug-likeness (QED) is 0.774. The minimum Gasteiger partial charge on any atom is -0.324 e.